The molecule has 31 heavy (non-hydrogen) atoms. The van der Waals surface area contributed by atoms with E-state index < -0.39 is 0 Å². The van der Waals surface area contributed by atoms with Gasteiger partial charge in [-0.25, -0.2) is 0 Å². The Hall–Kier alpha value is -2.64. The van der Waals surface area contributed by atoms with Gasteiger partial charge in [-0.15, -0.1) is 11.3 Å². The number of aryl methyl sites for hydroxylation is 3. The fourth-order valence-corrected chi connectivity index (χ4v) is 5.31. The summed E-state index contributed by atoms with van der Waals surface area (Å²) >= 11 is 1.52. The third-order valence-corrected chi connectivity index (χ3v) is 7.13. The van der Waals surface area contributed by atoms with Gasteiger partial charge in [0.25, 0.3) is 5.91 Å². The fraction of sp³-hybridized carbons (Fsp3) is 0.417. The second-order valence-corrected chi connectivity index (χ2v) is 9.39. The first-order valence-corrected chi connectivity index (χ1v) is 11.8. The van der Waals surface area contributed by atoms with Gasteiger partial charge in [-0.2, -0.15) is 5.10 Å². The first-order valence-electron chi connectivity index (χ1n) is 11.0. The van der Waals surface area contributed by atoms with Gasteiger partial charge < -0.3 is 9.64 Å². The molecule has 1 aliphatic carbocycles. The number of ether oxygens (including phenoxy) is 1. The number of carbonyl (C=O) groups excluding carboxylic acids is 1. The highest BCUT2D eigenvalue weighted by atomic mass is 32.1. The number of hydrogen-bond acceptors (Lipinski definition) is 5. The van der Waals surface area contributed by atoms with E-state index in [1.807, 2.05) is 34.3 Å². The molecule has 1 fully saturated rings. The average Bonchev–Trinajstić information content (AvgIpc) is 3.53. The minimum Gasteiger partial charge on any atom is -0.489 e. The molecule has 1 aromatic carbocycles. The van der Waals surface area contributed by atoms with E-state index in [1.165, 1.54) is 40.9 Å². The van der Waals surface area contributed by atoms with Crippen molar-refractivity contribution in [3.63, 3.8) is 0 Å². The topological polar surface area (TPSA) is 50.6 Å². The zero-order valence-electron chi connectivity index (χ0n) is 17.9. The van der Waals surface area contributed by atoms with Crippen LogP contribution in [0, 0.1) is 0 Å². The lowest BCUT2D eigenvalue weighted by molar-refractivity contribution is 0.0633. The van der Waals surface area contributed by atoms with Crippen molar-refractivity contribution in [2.24, 2.45) is 7.05 Å². The molecule has 2 aliphatic rings. The molecule has 1 saturated heterocycles. The summed E-state index contributed by atoms with van der Waals surface area (Å²) in [6, 6.07) is 8.41. The predicted molar refractivity (Wildman–Crippen MR) is 122 cm³/mol. The SMILES string of the molecule is Cn1cc(CN2CCN(C(=O)c3cc(COc4ccc5c(c4)CCC5)cs3)CC2)cn1. The van der Waals surface area contributed by atoms with Crippen LogP contribution in [0.1, 0.15) is 38.3 Å². The maximum Gasteiger partial charge on any atom is 0.264 e. The van der Waals surface area contributed by atoms with Crippen molar-refractivity contribution >= 4 is 17.2 Å². The van der Waals surface area contributed by atoms with E-state index in [1.54, 1.807) is 0 Å². The van der Waals surface area contributed by atoms with E-state index in [2.05, 4.69) is 34.4 Å². The lowest BCUT2D eigenvalue weighted by Gasteiger charge is -2.34. The molecule has 5 rings (SSSR count). The van der Waals surface area contributed by atoms with Gasteiger partial charge in [0.05, 0.1) is 11.1 Å². The van der Waals surface area contributed by atoms with E-state index in [-0.39, 0.29) is 5.91 Å². The van der Waals surface area contributed by atoms with E-state index in [9.17, 15) is 4.79 Å². The number of aromatic nitrogens is 2. The van der Waals surface area contributed by atoms with Gasteiger partial charge in [0.2, 0.25) is 0 Å². The normalized spacial score (nSPS) is 16.5. The smallest absolute Gasteiger partial charge is 0.264 e. The quantitative estimate of drug-likeness (QED) is 0.593. The van der Waals surface area contributed by atoms with Gasteiger partial charge >= 0.3 is 0 Å². The van der Waals surface area contributed by atoms with Gasteiger partial charge in [-0.1, -0.05) is 6.07 Å². The van der Waals surface area contributed by atoms with Crippen LogP contribution < -0.4 is 4.74 Å². The summed E-state index contributed by atoms with van der Waals surface area (Å²) in [5, 5.41) is 6.27. The Bertz CT molecular complexity index is 1070. The van der Waals surface area contributed by atoms with Gasteiger partial charge in [0.1, 0.15) is 12.4 Å². The summed E-state index contributed by atoms with van der Waals surface area (Å²) < 4.78 is 7.83. The summed E-state index contributed by atoms with van der Waals surface area (Å²) in [6.07, 6.45) is 7.54. The number of amides is 1. The number of thiophene rings is 1. The second-order valence-electron chi connectivity index (χ2n) is 8.48. The fourth-order valence-electron chi connectivity index (χ4n) is 4.44. The maximum atomic E-state index is 12.9. The third kappa shape index (κ3) is 4.67. The Labute approximate surface area is 187 Å². The molecule has 1 amide bonds. The molecular formula is C24H28N4O2S. The van der Waals surface area contributed by atoms with Gasteiger partial charge in [0.15, 0.2) is 0 Å². The largest absolute Gasteiger partial charge is 0.489 e. The molecule has 0 unspecified atom stereocenters. The van der Waals surface area contributed by atoms with Crippen molar-refractivity contribution in [2.45, 2.75) is 32.4 Å². The van der Waals surface area contributed by atoms with Crippen molar-refractivity contribution in [2.75, 3.05) is 26.2 Å². The lowest BCUT2D eigenvalue weighted by atomic mass is 10.1. The van der Waals surface area contributed by atoms with Crippen LogP contribution in [0.5, 0.6) is 5.75 Å². The number of nitrogens with zero attached hydrogens (tertiary/aromatic N) is 4. The number of hydrogen-bond donors (Lipinski definition) is 0. The van der Waals surface area contributed by atoms with Crippen LogP contribution in [0.3, 0.4) is 0 Å². The Morgan fingerprint density at radius 1 is 1.10 bits per heavy atom. The van der Waals surface area contributed by atoms with E-state index in [0.717, 1.165) is 55.3 Å². The van der Waals surface area contributed by atoms with Crippen molar-refractivity contribution in [1.82, 2.24) is 19.6 Å². The average molecular weight is 437 g/mol. The van der Waals surface area contributed by atoms with Crippen molar-refractivity contribution in [1.29, 1.82) is 0 Å². The highest BCUT2D eigenvalue weighted by Gasteiger charge is 2.23. The van der Waals surface area contributed by atoms with Crippen LogP contribution in [-0.2, 0) is 33.0 Å². The summed E-state index contributed by atoms with van der Waals surface area (Å²) in [4.78, 5) is 18.1. The number of fused-ring (bicyclic) bond motifs is 1. The van der Waals surface area contributed by atoms with Crippen LogP contribution in [-0.4, -0.2) is 51.7 Å². The molecule has 1 aliphatic heterocycles. The zero-order valence-corrected chi connectivity index (χ0v) is 18.7. The summed E-state index contributed by atoms with van der Waals surface area (Å²) in [7, 11) is 1.94. The predicted octanol–water partition coefficient (Wildman–Crippen LogP) is 3.51. The molecular weight excluding hydrogens is 408 g/mol. The van der Waals surface area contributed by atoms with Crippen LogP contribution in [0.4, 0.5) is 0 Å². The van der Waals surface area contributed by atoms with Crippen LogP contribution in [0.2, 0.25) is 0 Å². The number of piperazine rings is 1. The highest BCUT2D eigenvalue weighted by molar-refractivity contribution is 7.12. The third-order valence-electron chi connectivity index (χ3n) is 6.16. The molecule has 3 aromatic rings. The first kappa shape index (κ1) is 20.3. The van der Waals surface area contributed by atoms with Crippen LogP contribution in [0.15, 0.2) is 42.0 Å². The molecule has 0 N–H and O–H groups in total. The van der Waals surface area contributed by atoms with E-state index >= 15 is 0 Å². The Morgan fingerprint density at radius 3 is 2.74 bits per heavy atom. The number of benzene rings is 1. The Morgan fingerprint density at radius 2 is 1.94 bits per heavy atom. The monoisotopic (exact) mass is 436 g/mol. The van der Waals surface area contributed by atoms with Crippen molar-refractivity contribution in [3.8, 4) is 5.75 Å². The van der Waals surface area contributed by atoms with Gasteiger partial charge in [-0.05, 0) is 54.0 Å². The molecule has 0 saturated carbocycles. The number of carbonyl (C=O) groups is 1. The molecule has 0 radical (unpaired) electrons. The maximum absolute atomic E-state index is 12.9. The molecule has 6 nitrogen and oxygen atoms in total. The standard InChI is InChI=1S/C24H28N4O2S/c1-26-14-19(13-25-26)15-27-7-9-28(10-8-27)24(29)23-11-18(17-31-23)16-30-22-6-5-20-3-2-4-21(20)12-22/h5-6,11-14,17H,2-4,7-10,15-16H2,1H3. The second kappa shape index (κ2) is 8.85. The van der Waals surface area contributed by atoms with Crippen molar-refractivity contribution in [3.05, 3.63) is 69.2 Å². The molecule has 2 aromatic heterocycles. The van der Waals surface area contributed by atoms with Crippen LogP contribution >= 0.6 is 11.3 Å². The lowest BCUT2D eigenvalue weighted by Crippen LogP contribution is -2.48. The van der Waals surface area contributed by atoms with Gasteiger partial charge in [0, 0.05) is 57.1 Å². The Kier molecular flexibility index (Phi) is 5.78. The van der Waals surface area contributed by atoms with Gasteiger partial charge in [-0.3, -0.25) is 14.4 Å². The van der Waals surface area contributed by atoms with E-state index in [4.69, 9.17) is 4.74 Å². The zero-order chi connectivity index (χ0) is 21.2. The number of rotatable bonds is 6. The Balaban J connectivity index is 1.12. The molecule has 7 heteroatoms. The van der Waals surface area contributed by atoms with Crippen LogP contribution in [0.25, 0.3) is 0 Å². The minimum atomic E-state index is 0.134. The summed E-state index contributed by atoms with van der Waals surface area (Å²) in [5.74, 6) is 1.05. The van der Waals surface area contributed by atoms with E-state index in [0.29, 0.717) is 6.61 Å². The first-order chi connectivity index (χ1) is 15.1. The summed E-state index contributed by atoms with van der Waals surface area (Å²) in [6.45, 7) is 4.69. The highest BCUT2D eigenvalue weighted by Crippen LogP contribution is 2.27. The molecule has 0 atom stereocenters. The minimum absolute atomic E-state index is 0.134. The molecule has 162 valence electrons. The van der Waals surface area contributed by atoms with Crippen molar-refractivity contribution < 1.29 is 9.53 Å². The summed E-state index contributed by atoms with van der Waals surface area (Å²) in [5.41, 5.74) is 5.15. The molecule has 0 bridgehead atoms. The molecule has 0 spiro atoms. The molecule has 3 heterocycles.